The van der Waals surface area contributed by atoms with Crippen LogP contribution in [0.4, 0.5) is 11.4 Å². The minimum absolute atomic E-state index is 0.0370. The molecule has 5 heteroatoms. The Balaban J connectivity index is 1.62. The summed E-state index contributed by atoms with van der Waals surface area (Å²) in [6, 6.07) is 23.6. The third-order valence-electron chi connectivity index (χ3n) is 6.35. The van der Waals surface area contributed by atoms with Crippen LogP contribution >= 0.6 is 11.6 Å². The first-order valence-corrected chi connectivity index (χ1v) is 11.9. The number of rotatable bonds is 5. The van der Waals surface area contributed by atoms with Crippen molar-refractivity contribution in [3.05, 3.63) is 100 Å². The van der Waals surface area contributed by atoms with E-state index in [2.05, 4.69) is 23.6 Å². The van der Waals surface area contributed by atoms with Gasteiger partial charge in [0.15, 0.2) is 5.78 Å². The first-order chi connectivity index (χ1) is 16.2. The molecular weight excluding hydrogens is 432 g/mol. The highest BCUT2D eigenvalue weighted by Gasteiger charge is 2.37. The SMILES string of the molecule is CCCOc1ccccc1C1Nc2ccccc2NC2=C1C(=O)CC(c1ccccc1Cl)C2. The van der Waals surface area contributed by atoms with Gasteiger partial charge in [-0.15, -0.1) is 0 Å². The molecule has 3 aromatic carbocycles. The maximum absolute atomic E-state index is 13.7. The number of anilines is 2. The first kappa shape index (κ1) is 21.6. The molecule has 0 saturated heterocycles. The number of carbonyl (C=O) groups is 1. The molecule has 0 aromatic heterocycles. The minimum Gasteiger partial charge on any atom is -0.493 e. The zero-order valence-electron chi connectivity index (χ0n) is 18.6. The van der Waals surface area contributed by atoms with Crippen molar-refractivity contribution in [2.45, 2.75) is 38.1 Å². The summed E-state index contributed by atoms with van der Waals surface area (Å²) in [6.07, 6.45) is 2.06. The summed E-state index contributed by atoms with van der Waals surface area (Å²) < 4.78 is 6.08. The van der Waals surface area contributed by atoms with Crippen LogP contribution < -0.4 is 15.4 Å². The lowest BCUT2D eigenvalue weighted by Gasteiger charge is -2.30. The van der Waals surface area contributed by atoms with Gasteiger partial charge >= 0.3 is 0 Å². The van der Waals surface area contributed by atoms with E-state index in [9.17, 15) is 4.79 Å². The number of nitrogens with one attached hydrogen (secondary N) is 2. The van der Waals surface area contributed by atoms with Gasteiger partial charge in [0.2, 0.25) is 0 Å². The standard InChI is InChI=1S/C28H27ClN2O2/c1-2-15-33-26-14-8-4-10-20(26)28-27-24(30-22-12-6-7-13-23(22)31-28)16-18(17-25(27)32)19-9-3-5-11-21(19)29/h3-14,18,28,30-31H,2,15-17H2,1H3. The van der Waals surface area contributed by atoms with Gasteiger partial charge < -0.3 is 15.4 Å². The normalized spacial score (nSPS) is 19.6. The lowest BCUT2D eigenvalue weighted by atomic mass is 9.78. The lowest BCUT2D eigenvalue weighted by molar-refractivity contribution is -0.116. The average Bonchev–Trinajstić information content (AvgIpc) is 3.00. The Kier molecular flexibility index (Phi) is 6.10. The molecule has 1 aliphatic carbocycles. The van der Waals surface area contributed by atoms with E-state index in [1.165, 1.54) is 0 Å². The molecule has 2 aliphatic rings. The fraction of sp³-hybridized carbons (Fsp3) is 0.250. The van der Waals surface area contributed by atoms with Gasteiger partial charge in [-0.1, -0.05) is 67.1 Å². The highest BCUT2D eigenvalue weighted by Crippen LogP contribution is 2.46. The van der Waals surface area contributed by atoms with Gasteiger partial charge in [0.1, 0.15) is 5.75 Å². The van der Waals surface area contributed by atoms with Crippen LogP contribution in [0.2, 0.25) is 5.02 Å². The molecule has 1 aliphatic heterocycles. The number of hydrogen-bond acceptors (Lipinski definition) is 4. The Morgan fingerprint density at radius 2 is 1.61 bits per heavy atom. The number of ketones is 1. The number of carbonyl (C=O) groups excluding carboxylic acids is 1. The molecule has 0 bridgehead atoms. The Hall–Kier alpha value is -3.24. The molecule has 0 spiro atoms. The summed E-state index contributed by atoms with van der Waals surface area (Å²) in [5.41, 5.74) is 5.65. The Morgan fingerprint density at radius 3 is 2.39 bits per heavy atom. The lowest BCUT2D eigenvalue weighted by Crippen LogP contribution is -2.27. The number of ether oxygens (including phenoxy) is 1. The number of allylic oxidation sites excluding steroid dienone is 1. The quantitative estimate of drug-likeness (QED) is 0.427. The van der Waals surface area contributed by atoms with Crippen LogP contribution in [0, 0.1) is 0 Å². The van der Waals surface area contributed by atoms with Gasteiger partial charge in [-0.05, 0) is 48.6 Å². The second-order valence-corrected chi connectivity index (χ2v) is 8.98. The van der Waals surface area contributed by atoms with Gasteiger partial charge in [-0.25, -0.2) is 0 Å². The van der Waals surface area contributed by atoms with Crippen molar-refractivity contribution in [1.82, 2.24) is 0 Å². The summed E-state index contributed by atoms with van der Waals surface area (Å²) in [6.45, 7) is 2.72. The van der Waals surface area contributed by atoms with E-state index in [0.717, 1.165) is 52.4 Å². The molecule has 5 rings (SSSR count). The van der Waals surface area contributed by atoms with Gasteiger partial charge in [-0.2, -0.15) is 0 Å². The molecule has 0 amide bonds. The van der Waals surface area contributed by atoms with E-state index < -0.39 is 0 Å². The Morgan fingerprint density at radius 1 is 0.909 bits per heavy atom. The molecular formula is C28H27ClN2O2. The fourth-order valence-electron chi connectivity index (χ4n) is 4.81. The molecule has 0 radical (unpaired) electrons. The predicted molar refractivity (Wildman–Crippen MR) is 134 cm³/mol. The first-order valence-electron chi connectivity index (χ1n) is 11.5. The van der Waals surface area contributed by atoms with E-state index in [-0.39, 0.29) is 17.7 Å². The number of Topliss-reactive ketones (excluding diaryl/α,β-unsaturated/α-hetero) is 1. The molecule has 4 nitrogen and oxygen atoms in total. The van der Waals surface area contributed by atoms with Crippen molar-refractivity contribution in [2.24, 2.45) is 0 Å². The highest BCUT2D eigenvalue weighted by atomic mass is 35.5. The molecule has 2 N–H and O–H groups in total. The summed E-state index contributed by atoms with van der Waals surface area (Å²) in [5.74, 6) is 0.975. The Labute approximate surface area is 199 Å². The minimum atomic E-state index is -0.302. The fourth-order valence-corrected chi connectivity index (χ4v) is 5.10. The zero-order valence-corrected chi connectivity index (χ0v) is 19.4. The molecule has 2 atom stereocenters. The Bertz CT molecular complexity index is 1220. The largest absolute Gasteiger partial charge is 0.493 e. The van der Waals surface area contributed by atoms with Crippen molar-refractivity contribution in [1.29, 1.82) is 0 Å². The summed E-state index contributed by atoms with van der Waals surface area (Å²) >= 11 is 6.51. The molecule has 33 heavy (non-hydrogen) atoms. The van der Waals surface area contributed by atoms with Crippen LogP contribution in [0.3, 0.4) is 0 Å². The third kappa shape index (κ3) is 4.23. The number of halogens is 1. The van der Waals surface area contributed by atoms with E-state index >= 15 is 0 Å². The van der Waals surface area contributed by atoms with Crippen molar-refractivity contribution in [3.63, 3.8) is 0 Å². The zero-order chi connectivity index (χ0) is 22.8. The second-order valence-electron chi connectivity index (χ2n) is 8.58. The van der Waals surface area contributed by atoms with E-state index in [1.54, 1.807) is 0 Å². The average molecular weight is 459 g/mol. The summed E-state index contributed by atoms with van der Waals surface area (Å²) in [4.78, 5) is 13.7. The van der Waals surface area contributed by atoms with Gasteiger partial charge in [0.25, 0.3) is 0 Å². The van der Waals surface area contributed by atoms with Crippen LogP contribution in [0.5, 0.6) is 5.75 Å². The number of para-hydroxylation sites is 3. The molecule has 0 fully saturated rings. The van der Waals surface area contributed by atoms with Crippen LogP contribution in [0.15, 0.2) is 84.1 Å². The van der Waals surface area contributed by atoms with Crippen LogP contribution in [-0.4, -0.2) is 12.4 Å². The maximum Gasteiger partial charge on any atom is 0.163 e. The maximum atomic E-state index is 13.7. The van der Waals surface area contributed by atoms with E-state index in [0.29, 0.717) is 18.1 Å². The van der Waals surface area contributed by atoms with Gasteiger partial charge in [0, 0.05) is 28.3 Å². The number of fused-ring (bicyclic) bond motifs is 1. The smallest absolute Gasteiger partial charge is 0.163 e. The van der Waals surface area contributed by atoms with Gasteiger partial charge in [-0.3, -0.25) is 4.79 Å². The number of hydrogen-bond donors (Lipinski definition) is 2. The molecule has 168 valence electrons. The van der Waals surface area contributed by atoms with E-state index in [4.69, 9.17) is 16.3 Å². The number of benzene rings is 3. The van der Waals surface area contributed by atoms with Crippen LogP contribution in [-0.2, 0) is 4.79 Å². The van der Waals surface area contributed by atoms with Crippen LogP contribution in [0.1, 0.15) is 49.3 Å². The second kappa shape index (κ2) is 9.32. The monoisotopic (exact) mass is 458 g/mol. The third-order valence-corrected chi connectivity index (χ3v) is 6.69. The predicted octanol–water partition coefficient (Wildman–Crippen LogP) is 7.11. The molecule has 2 unspecified atom stereocenters. The van der Waals surface area contributed by atoms with Crippen molar-refractivity contribution in [3.8, 4) is 5.75 Å². The summed E-state index contributed by atoms with van der Waals surface area (Å²) in [5, 5.41) is 7.94. The molecule has 1 heterocycles. The van der Waals surface area contributed by atoms with E-state index in [1.807, 2.05) is 66.7 Å². The van der Waals surface area contributed by atoms with Crippen molar-refractivity contribution < 1.29 is 9.53 Å². The summed E-state index contributed by atoms with van der Waals surface area (Å²) in [7, 11) is 0. The van der Waals surface area contributed by atoms with Crippen molar-refractivity contribution in [2.75, 3.05) is 17.2 Å². The van der Waals surface area contributed by atoms with Gasteiger partial charge in [0.05, 0.1) is 24.0 Å². The topological polar surface area (TPSA) is 50.4 Å². The van der Waals surface area contributed by atoms with Crippen molar-refractivity contribution >= 4 is 28.8 Å². The molecule has 3 aromatic rings. The van der Waals surface area contributed by atoms with Crippen LogP contribution in [0.25, 0.3) is 0 Å². The highest BCUT2D eigenvalue weighted by molar-refractivity contribution is 6.31. The molecule has 0 saturated carbocycles.